The second-order valence-electron chi connectivity index (χ2n) is 1.81. The summed E-state index contributed by atoms with van der Waals surface area (Å²) >= 11 is 11.1. The number of rotatable bonds is 3. The van der Waals surface area contributed by atoms with E-state index in [-0.39, 0.29) is 11.0 Å². The molecule has 0 aliphatic heterocycles. The minimum absolute atomic E-state index is 0.260. The van der Waals surface area contributed by atoms with E-state index in [1.807, 2.05) is 0 Å². The molecule has 0 atom stereocenters. The Morgan fingerprint density at radius 1 is 1.67 bits per heavy atom. The number of hydrogen-bond donors (Lipinski definition) is 0. The fourth-order valence-electron chi connectivity index (χ4n) is 0.507. The topological polar surface area (TPSA) is 35.0 Å². The Kier molecular flexibility index (Phi) is 3.09. The van der Waals surface area contributed by atoms with Gasteiger partial charge in [-0.2, -0.15) is 13.7 Å². The number of halogens is 3. The Hall–Kier alpha value is -0.130. The van der Waals surface area contributed by atoms with Gasteiger partial charge in [-0.25, -0.2) is 0 Å². The molecule has 0 aliphatic rings. The van der Waals surface area contributed by atoms with Crippen molar-refractivity contribution >= 4 is 34.7 Å². The Balaban J connectivity index is 2.77. The molecule has 0 bridgehead atoms. The zero-order chi connectivity index (χ0) is 9.19. The van der Waals surface area contributed by atoms with Crippen molar-refractivity contribution in [3.63, 3.8) is 0 Å². The molecule has 3 nitrogen and oxygen atoms in total. The van der Waals surface area contributed by atoms with Crippen LogP contribution in [0.15, 0.2) is 0 Å². The molecule has 12 heavy (non-hydrogen) atoms. The van der Waals surface area contributed by atoms with E-state index in [9.17, 15) is 4.39 Å². The van der Waals surface area contributed by atoms with Crippen LogP contribution in [0.25, 0.3) is 0 Å². The maximum absolute atomic E-state index is 12.7. The molecular weight excluding hydrogens is 226 g/mol. The third-order valence-electron chi connectivity index (χ3n) is 0.929. The Morgan fingerprint density at radius 2 is 2.33 bits per heavy atom. The van der Waals surface area contributed by atoms with E-state index in [0.29, 0.717) is 6.61 Å². The molecule has 1 aromatic rings. The van der Waals surface area contributed by atoms with Crippen molar-refractivity contribution in [1.29, 1.82) is 0 Å². The van der Waals surface area contributed by atoms with Crippen molar-refractivity contribution < 1.29 is 9.13 Å². The van der Waals surface area contributed by atoms with Crippen molar-refractivity contribution in [2.45, 2.75) is 11.5 Å². The summed E-state index contributed by atoms with van der Waals surface area (Å²) in [7, 11) is 0. The van der Waals surface area contributed by atoms with Crippen molar-refractivity contribution in [3.05, 3.63) is 5.82 Å². The summed E-state index contributed by atoms with van der Waals surface area (Å²) in [5.74, 6) is -0.278. The first-order valence-electron chi connectivity index (χ1n) is 3.07. The van der Waals surface area contributed by atoms with Crippen LogP contribution in [0.1, 0.15) is 12.7 Å². The van der Waals surface area contributed by atoms with Gasteiger partial charge < -0.3 is 4.74 Å². The lowest BCUT2D eigenvalue weighted by Gasteiger charge is -2.01. The van der Waals surface area contributed by atoms with Crippen LogP contribution in [0.4, 0.5) is 4.39 Å². The van der Waals surface area contributed by atoms with Gasteiger partial charge in [-0.3, -0.25) is 0 Å². The lowest BCUT2D eigenvalue weighted by atomic mass is 10.7. The second kappa shape index (κ2) is 3.72. The molecule has 0 aliphatic carbocycles. The number of alkyl halides is 3. The third-order valence-corrected chi connectivity index (χ3v) is 1.90. The van der Waals surface area contributed by atoms with Gasteiger partial charge in [-0.05, 0) is 6.92 Å². The van der Waals surface area contributed by atoms with E-state index in [0.717, 1.165) is 11.5 Å². The molecule has 68 valence electrons. The minimum Gasteiger partial charge on any atom is -0.469 e. The summed E-state index contributed by atoms with van der Waals surface area (Å²) in [5.41, 5.74) is 0. The van der Waals surface area contributed by atoms with Crippen LogP contribution >= 0.6 is 34.7 Å². The fourth-order valence-corrected chi connectivity index (χ4v) is 1.41. The molecule has 7 heteroatoms. The highest BCUT2D eigenvalue weighted by molar-refractivity contribution is 7.07. The van der Waals surface area contributed by atoms with Crippen molar-refractivity contribution in [2.75, 3.05) is 6.61 Å². The SMILES string of the molecule is CCOc1nc(C(F)(Cl)Cl)ns1. The predicted octanol–water partition coefficient (Wildman–Crippen LogP) is 2.49. The summed E-state index contributed by atoms with van der Waals surface area (Å²) < 4.78 is 18.7. The molecule has 1 aromatic heterocycles. The lowest BCUT2D eigenvalue weighted by molar-refractivity contribution is 0.332. The van der Waals surface area contributed by atoms with Gasteiger partial charge in [-0.15, -0.1) is 0 Å². The zero-order valence-corrected chi connectivity index (χ0v) is 8.38. The first kappa shape index (κ1) is 9.95. The van der Waals surface area contributed by atoms with E-state index in [1.165, 1.54) is 0 Å². The van der Waals surface area contributed by atoms with E-state index < -0.39 is 4.59 Å². The highest BCUT2D eigenvalue weighted by atomic mass is 35.5. The third kappa shape index (κ3) is 2.43. The van der Waals surface area contributed by atoms with Crippen molar-refractivity contribution in [1.82, 2.24) is 9.36 Å². The molecule has 0 fully saturated rings. The Labute approximate surface area is 82.6 Å². The molecule has 1 heterocycles. The smallest absolute Gasteiger partial charge is 0.318 e. The first-order valence-corrected chi connectivity index (χ1v) is 4.60. The monoisotopic (exact) mass is 230 g/mol. The highest BCUT2D eigenvalue weighted by Gasteiger charge is 2.31. The number of hydrogen-bond acceptors (Lipinski definition) is 4. The molecule has 0 saturated heterocycles. The van der Waals surface area contributed by atoms with Crippen LogP contribution in [-0.2, 0) is 4.59 Å². The van der Waals surface area contributed by atoms with Crippen LogP contribution in [-0.4, -0.2) is 16.0 Å². The maximum Gasteiger partial charge on any atom is 0.318 e. The molecule has 0 unspecified atom stereocenters. The molecule has 0 spiro atoms. The first-order chi connectivity index (χ1) is 5.54. The minimum atomic E-state index is -2.54. The van der Waals surface area contributed by atoms with Crippen LogP contribution in [0.3, 0.4) is 0 Å². The lowest BCUT2D eigenvalue weighted by Crippen LogP contribution is -2.04. The van der Waals surface area contributed by atoms with Crippen molar-refractivity contribution in [3.8, 4) is 5.19 Å². The van der Waals surface area contributed by atoms with E-state index in [2.05, 4.69) is 9.36 Å². The van der Waals surface area contributed by atoms with Gasteiger partial charge in [0, 0.05) is 11.5 Å². The number of aromatic nitrogens is 2. The average molecular weight is 231 g/mol. The van der Waals surface area contributed by atoms with E-state index >= 15 is 0 Å². The molecule has 1 rings (SSSR count). The van der Waals surface area contributed by atoms with Gasteiger partial charge in [0.15, 0.2) is 0 Å². The molecular formula is C5H5Cl2FN2OS. The molecule has 0 radical (unpaired) electrons. The standard InChI is InChI=1S/C5H5Cl2FN2OS/c1-2-11-4-9-3(10-12-4)5(6,7)8/h2H2,1H3. The van der Waals surface area contributed by atoms with E-state index in [1.54, 1.807) is 6.92 Å². The van der Waals surface area contributed by atoms with E-state index in [4.69, 9.17) is 27.9 Å². The van der Waals surface area contributed by atoms with Gasteiger partial charge in [-0.1, -0.05) is 23.2 Å². The molecule has 0 amide bonds. The van der Waals surface area contributed by atoms with Gasteiger partial charge in [0.2, 0.25) is 5.82 Å². The van der Waals surface area contributed by atoms with Crippen LogP contribution in [0.2, 0.25) is 0 Å². The second-order valence-corrected chi connectivity index (χ2v) is 3.76. The number of ether oxygens (including phenoxy) is 1. The summed E-state index contributed by atoms with van der Waals surface area (Å²) in [6.07, 6.45) is 0. The average Bonchev–Trinajstić information content (AvgIpc) is 2.35. The Morgan fingerprint density at radius 3 is 2.75 bits per heavy atom. The summed E-state index contributed by atoms with van der Waals surface area (Å²) in [6.45, 7) is 2.23. The summed E-state index contributed by atoms with van der Waals surface area (Å²) in [4.78, 5) is 3.62. The van der Waals surface area contributed by atoms with Gasteiger partial charge >= 0.3 is 4.59 Å². The quantitative estimate of drug-likeness (QED) is 0.749. The van der Waals surface area contributed by atoms with Crippen LogP contribution in [0, 0.1) is 0 Å². The maximum atomic E-state index is 12.7. The Bertz CT molecular complexity index is 262. The normalized spacial score (nSPS) is 11.7. The van der Waals surface area contributed by atoms with Crippen LogP contribution in [0.5, 0.6) is 5.19 Å². The highest BCUT2D eigenvalue weighted by Crippen LogP contribution is 2.34. The molecule has 0 N–H and O–H groups in total. The molecule has 0 aromatic carbocycles. The van der Waals surface area contributed by atoms with Gasteiger partial charge in [0.25, 0.3) is 5.19 Å². The predicted molar refractivity (Wildman–Crippen MR) is 45.6 cm³/mol. The van der Waals surface area contributed by atoms with Gasteiger partial charge in [0.1, 0.15) is 0 Å². The largest absolute Gasteiger partial charge is 0.469 e. The number of nitrogens with zero attached hydrogens (tertiary/aromatic N) is 2. The summed E-state index contributed by atoms with van der Waals surface area (Å²) in [6, 6.07) is 0. The summed E-state index contributed by atoms with van der Waals surface area (Å²) in [5, 5.41) is 0.260. The van der Waals surface area contributed by atoms with Gasteiger partial charge in [0.05, 0.1) is 6.61 Å². The molecule has 0 saturated carbocycles. The zero-order valence-electron chi connectivity index (χ0n) is 6.05. The van der Waals surface area contributed by atoms with Crippen LogP contribution < -0.4 is 4.74 Å². The van der Waals surface area contributed by atoms with Crippen molar-refractivity contribution in [2.24, 2.45) is 0 Å². The fraction of sp³-hybridized carbons (Fsp3) is 0.600.